The second kappa shape index (κ2) is 6.68. The highest BCUT2D eigenvalue weighted by molar-refractivity contribution is 5.78. The molecule has 1 aromatic carbocycles. The van der Waals surface area contributed by atoms with Crippen LogP contribution in [0.2, 0.25) is 0 Å². The Labute approximate surface area is 115 Å². The summed E-state index contributed by atoms with van der Waals surface area (Å²) in [5, 5.41) is 0. The summed E-state index contributed by atoms with van der Waals surface area (Å²) in [6.45, 7) is 3.11. The molecule has 1 aromatic rings. The molecule has 19 heavy (non-hydrogen) atoms. The van der Waals surface area contributed by atoms with Gasteiger partial charge in [-0.2, -0.15) is 0 Å². The smallest absolute Gasteiger partial charge is 0.236 e. The predicted octanol–water partition coefficient (Wildman–Crippen LogP) is 1.07. The number of carbonyl (C=O) groups is 1. The molecule has 0 unspecified atom stereocenters. The number of amides is 1. The maximum absolute atomic E-state index is 11.7. The average molecular weight is 261 g/mol. The molecule has 104 valence electrons. The molecule has 1 atom stereocenters. The van der Waals surface area contributed by atoms with E-state index in [4.69, 9.17) is 5.73 Å². The lowest BCUT2D eigenvalue weighted by Crippen LogP contribution is -2.49. The summed E-state index contributed by atoms with van der Waals surface area (Å²) in [6, 6.07) is 10.8. The van der Waals surface area contributed by atoms with E-state index in [1.165, 1.54) is 5.56 Å². The number of likely N-dealkylation sites (N-methyl/N-ethyl adjacent to an activating group) is 1. The molecule has 0 bridgehead atoms. The van der Waals surface area contributed by atoms with E-state index < -0.39 is 0 Å². The summed E-state index contributed by atoms with van der Waals surface area (Å²) in [7, 11) is 1.87. The van der Waals surface area contributed by atoms with Gasteiger partial charge in [0.1, 0.15) is 0 Å². The minimum atomic E-state index is 0.0339. The van der Waals surface area contributed by atoms with E-state index in [1.54, 1.807) is 0 Å². The highest BCUT2D eigenvalue weighted by Gasteiger charge is 2.25. The quantitative estimate of drug-likeness (QED) is 0.882. The molecule has 1 aliphatic heterocycles. The van der Waals surface area contributed by atoms with E-state index in [2.05, 4.69) is 29.2 Å². The third-order valence-corrected chi connectivity index (χ3v) is 3.85. The fourth-order valence-corrected chi connectivity index (χ4v) is 2.68. The van der Waals surface area contributed by atoms with Crippen molar-refractivity contribution in [1.82, 2.24) is 9.80 Å². The van der Waals surface area contributed by atoms with Gasteiger partial charge < -0.3 is 10.6 Å². The van der Waals surface area contributed by atoms with Crippen LogP contribution in [0.5, 0.6) is 0 Å². The van der Waals surface area contributed by atoms with E-state index in [1.807, 2.05) is 18.0 Å². The number of hydrogen-bond donors (Lipinski definition) is 1. The van der Waals surface area contributed by atoms with Crippen LogP contribution in [0.1, 0.15) is 18.4 Å². The van der Waals surface area contributed by atoms with E-state index in [-0.39, 0.29) is 12.5 Å². The third kappa shape index (κ3) is 3.78. The molecular weight excluding hydrogens is 238 g/mol. The van der Waals surface area contributed by atoms with E-state index in [0.29, 0.717) is 6.04 Å². The van der Waals surface area contributed by atoms with Gasteiger partial charge in [0, 0.05) is 26.2 Å². The lowest BCUT2D eigenvalue weighted by atomic mass is 10.0. The number of carbonyl (C=O) groups excluding carboxylic acids is 1. The zero-order chi connectivity index (χ0) is 13.7. The molecule has 0 aliphatic carbocycles. The van der Waals surface area contributed by atoms with Crippen LogP contribution in [-0.4, -0.2) is 48.4 Å². The number of rotatable bonds is 4. The highest BCUT2D eigenvalue weighted by Crippen LogP contribution is 2.17. The number of nitrogens with two attached hydrogens (primary N) is 1. The van der Waals surface area contributed by atoms with Gasteiger partial charge in [-0.25, -0.2) is 0 Å². The fourth-order valence-electron chi connectivity index (χ4n) is 2.68. The van der Waals surface area contributed by atoms with E-state index in [0.717, 1.165) is 32.5 Å². The summed E-state index contributed by atoms with van der Waals surface area (Å²) in [5.74, 6) is 0.0339. The zero-order valence-corrected chi connectivity index (χ0v) is 11.6. The number of hydrogen-bond acceptors (Lipinski definition) is 3. The first kappa shape index (κ1) is 14.0. The van der Waals surface area contributed by atoms with Gasteiger partial charge in [0.25, 0.3) is 0 Å². The topological polar surface area (TPSA) is 49.6 Å². The number of likely N-dealkylation sites (tertiary alicyclic amines) is 1. The molecule has 2 N–H and O–H groups in total. The molecule has 0 saturated carbocycles. The van der Waals surface area contributed by atoms with Crippen LogP contribution in [-0.2, 0) is 11.3 Å². The number of piperidine rings is 1. The summed E-state index contributed by atoms with van der Waals surface area (Å²) < 4.78 is 0. The molecule has 1 saturated heterocycles. The van der Waals surface area contributed by atoms with Gasteiger partial charge in [-0.1, -0.05) is 30.3 Å². The third-order valence-electron chi connectivity index (χ3n) is 3.85. The van der Waals surface area contributed by atoms with Gasteiger partial charge >= 0.3 is 0 Å². The molecule has 0 aromatic heterocycles. The number of benzene rings is 1. The van der Waals surface area contributed by atoms with Crippen molar-refractivity contribution >= 4 is 5.91 Å². The van der Waals surface area contributed by atoms with Crippen LogP contribution >= 0.6 is 0 Å². The molecular formula is C15H23N3O. The Kier molecular flexibility index (Phi) is 4.93. The Balaban J connectivity index is 1.92. The van der Waals surface area contributed by atoms with Gasteiger partial charge in [-0.15, -0.1) is 0 Å². The van der Waals surface area contributed by atoms with Gasteiger partial charge in [-0.05, 0) is 24.9 Å². The lowest BCUT2D eigenvalue weighted by molar-refractivity contribution is -0.131. The largest absolute Gasteiger partial charge is 0.340 e. The van der Waals surface area contributed by atoms with Crippen LogP contribution in [0, 0.1) is 0 Å². The molecule has 2 rings (SSSR count). The van der Waals surface area contributed by atoms with Crippen molar-refractivity contribution in [3.8, 4) is 0 Å². The first-order valence-corrected chi connectivity index (χ1v) is 6.92. The van der Waals surface area contributed by atoms with Crippen molar-refractivity contribution in [3.05, 3.63) is 35.9 Å². The second-order valence-corrected chi connectivity index (χ2v) is 5.23. The van der Waals surface area contributed by atoms with Crippen molar-refractivity contribution in [1.29, 1.82) is 0 Å². The molecule has 1 fully saturated rings. The molecule has 1 aliphatic rings. The Morgan fingerprint density at radius 1 is 1.42 bits per heavy atom. The van der Waals surface area contributed by atoms with Crippen molar-refractivity contribution in [2.75, 3.05) is 26.7 Å². The second-order valence-electron chi connectivity index (χ2n) is 5.23. The van der Waals surface area contributed by atoms with Gasteiger partial charge in [0.05, 0.1) is 6.54 Å². The molecule has 1 amide bonds. The Hall–Kier alpha value is -1.39. The average Bonchev–Trinajstić information content (AvgIpc) is 2.47. The van der Waals surface area contributed by atoms with Crippen molar-refractivity contribution < 1.29 is 4.79 Å². The lowest BCUT2D eigenvalue weighted by Gasteiger charge is -2.37. The molecule has 4 nitrogen and oxygen atoms in total. The molecule has 4 heteroatoms. The van der Waals surface area contributed by atoms with Crippen molar-refractivity contribution in [2.24, 2.45) is 5.73 Å². The summed E-state index contributed by atoms with van der Waals surface area (Å²) in [4.78, 5) is 15.9. The van der Waals surface area contributed by atoms with E-state index in [9.17, 15) is 4.79 Å². The van der Waals surface area contributed by atoms with Crippen LogP contribution in [0.25, 0.3) is 0 Å². The fraction of sp³-hybridized carbons (Fsp3) is 0.533. The Morgan fingerprint density at radius 3 is 2.84 bits per heavy atom. The number of nitrogens with zero attached hydrogens (tertiary/aromatic N) is 2. The summed E-state index contributed by atoms with van der Waals surface area (Å²) in [6.07, 6.45) is 2.22. The van der Waals surface area contributed by atoms with Gasteiger partial charge in [0.2, 0.25) is 5.91 Å². The van der Waals surface area contributed by atoms with Gasteiger partial charge in [0.15, 0.2) is 0 Å². The summed E-state index contributed by atoms with van der Waals surface area (Å²) in [5.41, 5.74) is 6.76. The SMILES string of the molecule is CN(C(=O)CN)[C@H]1CCCN(Cc2ccccc2)C1. The maximum Gasteiger partial charge on any atom is 0.236 e. The van der Waals surface area contributed by atoms with Crippen LogP contribution in [0.3, 0.4) is 0 Å². The first-order chi connectivity index (χ1) is 9.20. The Morgan fingerprint density at radius 2 is 2.16 bits per heavy atom. The van der Waals surface area contributed by atoms with Crippen LogP contribution < -0.4 is 5.73 Å². The van der Waals surface area contributed by atoms with Crippen LogP contribution in [0.15, 0.2) is 30.3 Å². The standard InChI is InChI=1S/C15H23N3O/c1-17(15(19)10-16)14-8-5-9-18(12-14)11-13-6-3-2-4-7-13/h2-4,6-7,14H,5,8-12,16H2,1H3/t14-/m0/s1. The van der Waals surface area contributed by atoms with Gasteiger partial charge in [-0.3, -0.25) is 9.69 Å². The molecule has 1 heterocycles. The zero-order valence-electron chi connectivity index (χ0n) is 11.6. The summed E-state index contributed by atoms with van der Waals surface area (Å²) >= 11 is 0. The predicted molar refractivity (Wildman–Crippen MR) is 76.6 cm³/mol. The van der Waals surface area contributed by atoms with E-state index >= 15 is 0 Å². The monoisotopic (exact) mass is 261 g/mol. The maximum atomic E-state index is 11.7. The minimum absolute atomic E-state index is 0.0339. The van der Waals surface area contributed by atoms with Crippen LogP contribution in [0.4, 0.5) is 0 Å². The highest BCUT2D eigenvalue weighted by atomic mass is 16.2. The first-order valence-electron chi connectivity index (χ1n) is 6.92. The molecule has 0 spiro atoms. The van der Waals surface area contributed by atoms with Crippen molar-refractivity contribution in [2.45, 2.75) is 25.4 Å². The Bertz CT molecular complexity index is 407. The normalized spacial score (nSPS) is 20.2. The van der Waals surface area contributed by atoms with Crippen molar-refractivity contribution in [3.63, 3.8) is 0 Å². The minimum Gasteiger partial charge on any atom is -0.340 e. The molecule has 0 radical (unpaired) electrons.